The molecule has 1 aromatic carbocycles. The zero-order chi connectivity index (χ0) is 14.0. The van der Waals surface area contributed by atoms with E-state index in [2.05, 4.69) is 4.72 Å². The van der Waals surface area contributed by atoms with Crippen LogP contribution < -0.4 is 4.72 Å². The second-order valence-electron chi connectivity index (χ2n) is 4.17. The molecular weight excluding hydrogens is 256 g/mol. The first-order valence-electron chi connectivity index (χ1n) is 4.96. The molecule has 0 aliphatic rings. The van der Waals surface area contributed by atoms with Crippen molar-refractivity contribution in [1.29, 1.82) is 5.26 Å². The number of carbonyl (C=O) groups is 1. The van der Waals surface area contributed by atoms with Gasteiger partial charge in [-0.05, 0) is 38.1 Å². The molecule has 0 spiro atoms. The van der Waals surface area contributed by atoms with Gasteiger partial charge in [-0.15, -0.1) is 0 Å². The van der Waals surface area contributed by atoms with Crippen LogP contribution in [-0.2, 0) is 14.8 Å². The van der Waals surface area contributed by atoms with Crippen molar-refractivity contribution in [2.24, 2.45) is 0 Å². The molecule has 0 atom stereocenters. The van der Waals surface area contributed by atoms with Crippen LogP contribution in [0.15, 0.2) is 29.2 Å². The van der Waals surface area contributed by atoms with Gasteiger partial charge in [0.15, 0.2) is 0 Å². The average molecular weight is 268 g/mol. The Morgan fingerprint density at radius 2 is 1.83 bits per heavy atom. The molecule has 0 fully saturated rings. The minimum atomic E-state index is -3.93. The fourth-order valence-corrected chi connectivity index (χ4v) is 2.52. The summed E-state index contributed by atoms with van der Waals surface area (Å²) in [7, 11) is -3.93. The van der Waals surface area contributed by atoms with Crippen LogP contribution in [0.4, 0.5) is 0 Å². The van der Waals surface area contributed by atoms with E-state index in [0.717, 1.165) is 0 Å². The SMILES string of the molecule is CC(C)(NS(=O)(=O)c1ccc(C#N)cc1)C(=O)O. The van der Waals surface area contributed by atoms with Gasteiger partial charge in [0.05, 0.1) is 16.5 Å². The second kappa shape index (κ2) is 4.76. The fourth-order valence-electron chi connectivity index (χ4n) is 1.15. The van der Waals surface area contributed by atoms with Gasteiger partial charge >= 0.3 is 5.97 Å². The minimum Gasteiger partial charge on any atom is -0.480 e. The Labute approximate surface area is 105 Å². The zero-order valence-corrected chi connectivity index (χ0v) is 10.7. The van der Waals surface area contributed by atoms with E-state index < -0.39 is 21.5 Å². The first-order valence-corrected chi connectivity index (χ1v) is 6.45. The highest BCUT2D eigenvalue weighted by atomic mass is 32.2. The Balaban J connectivity index is 3.08. The van der Waals surface area contributed by atoms with Gasteiger partial charge in [0, 0.05) is 0 Å². The van der Waals surface area contributed by atoms with Crippen molar-refractivity contribution < 1.29 is 18.3 Å². The van der Waals surface area contributed by atoms with Gasteiger partial charge in [-0.1, -0.05) is 0 Å². The van der Waals surface area contributed by atoms with E-state index in [1.54, 1.807) is 0 Å². The van der Waals surface area contributed by atoms with E-state index in [-0.39, 0.29) is 4.90 Å². The van der Waals surface area contributed by atoms with Crippen LogP contribution in [0.2, 0.25) is 0 Å². The quantitative estimate of drug-likeness (QED) is 0.835. The molecule has 1 aromatic rings. The van der Waals surface area contributed by atoms with Gasteiger partial charge in [-0.25, -0.2) is 8.42 Å². The van der Waals surface area contributed by atoms with Crippen molar-refractivity contribution in [2.75, 3.05) is 0 Å². The lowest BCUT2D eigenvalue weighted by atomic mass is 10.1. The number of aliphatic carboxylic acids is 1. The Bertz CT molecular complexity index is 597. The molecule has 96 valence electrons. The van der Waals surface area contributed by atoms with E-state index in [1.165, 1.54) is 38.1 Å². The van der Waals surface area contributed by atoms with Gasteiger partial charge < -0.3 is 5.11 Å². The summed E-state index contributed by atoms with van der Waals surface area (Å²) in [6, 6.07) is 7.06. The van der Waals surface area contributed by atoms with E-state index in [1.807, 2.05) is 6.07 Å². The standard InChI is InChI=1S/C11H12N2O4S/c1-11(2,10(14)15)13-18(16,17)9-5-3-8(7-12)4-6-9/h3-6,13H,1-2H3,(H,14,15). The molecule has 0 amide bonds. The van der Waals surface area contributed by atoms with Crippen molar-refractivity contribution >= 4 is 16.0 Å². The number of nitrogens with zero attached hydrogens (tertiary/aromatic N) is 1. The van der Waals surface area contributed by atoms with Crippen LogP contribution in [0.3, 0.4) is 0 Å². The zero-order valence-electron chi connectivity index (χ0n) is 9.84. The van der Waals surface area contributed by atoms with Crippen LogP contribution in [0.1, 0.15) is 19.4 Å². The third-order valence-electron chi connectivity index (χ3n) is 2.22. The van der Waals surface area contributed by atoms with Gasteiger partial charge in [0.1, 0.15) is 5.54 Å². The monoisotopic (exact) mass is 268 g/mol. The highest BCUT2D eigenvalue weighted by Gasteiger charge is 2.32. The number of hydrogen-bond donors (Lipinski definition) is 2. The highest BCUT2D eigenvalue weighted by molar-refractivity contribution is 7.89. The molecule has 0 heterocycles. The molecule has 0 radical (unpaired) electrons. The summed E-state index contributed by atoms with van der Waals surface area (Å²) in [6.45, 7) is 2.49. The number of hydrogen-bond acceptors (Lipinski definition) is 4. The van der Waals surface area contributed by atoms with Crippen molar-refractivity contribution in [3.8, 4) is 6.07 Å². The summed E-state index contributed by atoms with van der Waals surface area (Å²) >= 11 is 0. The second-order valence-corrected chi connectivity index (χ2v) is 5.85. The largest absolute Gasteiger partial charge is 0.480 e. The number of nitrogens with one attached hydrogen (secondary N) is 1. The minimum absolute atomic E-state index is 0.0872. The number of rotatable bonds is 4. The molecule has 0 aliphatic heterocycles. The molecular formula is C11H12N2O4S. The molecule has 0 aliphatic carbocycles. The molecule has 0 bridgehead atoms. The number of sulfonamides is 1. The van der Waals surface area contributed by atoms with Crippen molar-refractivity contribution in [2.45, 2.75) is 24.3 Å². The summed E-state index contributed by atoms with van der Waals surface area (Å²) in [5.74, 6) is -1.28. The maximum absolute atomic E-state index is 11.9. The topological polar surface area (TPSA) is 107 Å². The van der Waals surface area contributed by atoms with Crippen LogP contribution in [-0.4, -0.2) is 25.0 Å². The summed E-state index contributed by atoms with van der Waals surface area (Å²) in [5.41, 5.74) is -1.28. The van der Waals surface area contributed by atoms with Gasteiger partial charge in [-0.3, -0.25) is 4.79 Å². The average Bonchev–Trinajstić information content (AvgIpc) is 2.27. The van der Waals surface area contributed by atoms with E-state index in [9.17, 15) is 13.2 Å². The first kappa shape index (κ1) is 14.2. The Hall–Kier alpha value is -1.91. The molecule has 2 N–H and O–H groups in total. The lowest BCUT2D eigenvalue weighted by Crippen LogP contribution is -2.49. The van der Waals surface area contributed by atoms with E-state index in [4.69, 9.17) is 10.4 Å². The number of carboxylic acid groups (broad SMARTS) is 1. The molecule has 0 saturated carbocycles. The van der Waals surface area contributed by atoms with E-state index >= 15 is 0 Å². The van der Waals surface area contributed by atoms with Gasteiger partial charge in [0.25, 0.3) is 0 Å². The summed E-state index contributed by atoms with van der Waals surface area (Å²) in [6.07, 6.45) is 0. The van der Waals surface area contributed by atoms with Crippen molar-refractivity contribution in [3.05, 3.63) is 29.8 Å². The normalized spacial score (nSPS) is 11.8. The number of nitriles is 1. The van der Waals surface area contributed by atoms with Crippen LogP contribution in [0.25, 0.3) is 0 Å². The highest BCUT2D eigenvalue weighted by Crippen LogP contribution is 2.14. The predicted octanol–water partition coefficient (Wildman–Crippen LogP) is 0.700. The first-order chi connectivity index (χ1) is 8.19. The van der Waals surface area contributed by atoms with Crippen molar-refractivity contribution in [1.82, 2.24) is 4.72 Å². The maximum atomic E-state index is 11.9. The molecule has 0 unspecified atom stereocenters. The number of benzene rings is 1. The van der Waals surface area contributed by atoms with Gasteiger partial charge in [0.2, 0.25) is 10.0 Å². The third-order valence-corrected chi connectivity index (χ3v) is 3.89. The van der Waals surface area contributed by atoms with E-state index in [0.29, 0.717) is 5.56 Å². The van der Waals surface area contributed by atoms with Crippen LogP contribution in [0, 0.1) is 11.3 Å². The molecule has 0 saturated heterocycles. The summed E-state index contributed by atoms with van der Waals surface area (Å²) in [4.78, 5) is 10.8. The molecule has 7 heteroatoms. The van der Waals surface area contributed by atoms with Gasteiger partial charge in [-0.2, -0.15) is 9.98 Å². The predicted molar refractivity (Wildman–Crippen MR) is 63.2 cm³/mol. The molecule has 1 rings (SSSR count). The molecule has 0 aromatic heterocycles. The summed E-state index contributed by atoms with van der Waals surface area (Å²) < 4.78 is 25.9. The van der Waals surface area contributed by atoms with Crippen molar-refractivity contribution in [3.63, 3.8) is 0 Å². The molecule has 18 heavy (non-hydrogen) atoms. The van der Waals surface area contributed by atoms with Crippen LogP contribution >= 0.6 is 0 Å². The Morgan fingerprint density at radius 3 is 2.22 bits per heavy atom. The third kappa shape index (κ3) is 3.06. The lowest BCUT2D eigenvalue weighted by molar-refractivity contribution is -0.142. The lowest BCUT2D eigenvalue weighted by Gasteiger charge is -2.20. The molecule has 6 nitrogen and oxygen atoms in total. The maximum Gasteiger partial charge on any atom is 0.324 e. The smallest absolute Gasteiger partial charge is 0.324 e. The summed E-state index contributed by atoms with van der Waals surface area (Å²) in [5, 5.41) is 17.5. The fraction of sp³-hybridized carbons (Fsp3) is 0.273. The van der Waals surface area contributed by atoms with Crippen LogP contribution in [0.5, 0.6) is 0 Å². The Kier molecular flexibility index (Phi) is 3.74. The Morgan fingerprint density at radius 1 is 1.33 bits per heavy atom. The number of carboxylic acids is 1.